The van der Waals surface area contributed by atoms with Crippen molar-refractivity contribution in [1.82, 2.24) is 10.6 Å². The molecule has 2 heterocycles. The van der Waals surface area contributed by atoms with Gasteiger partial charge in [-0.15, -0.1) is 0 Å². The van der Waals surface area contributed by atoms with Gasteiger partial charge in [-0.2, -0.15) is 0 Å². The van der Waals surface area contributed by atoms with Gasteiger partial charge in [0.25, 0.3) is 5.91 Å². The third kappa shape index (κ3) is 5.52. The number of ether oxygens (including phenoxy) is 2. The summed E-state index contributed by atoms with van der Waals surface area (Å²) in [5.74, 6) is -0.157. The van der Waals surface area contributed by atoms with Crippen LogP contribution in [0.2, 0.25) is 0 Å². The molecule has 0 saturated carbocycles. The van der Waals surface area contributed by atoms with E-state index < -0.39 is 0 Å². The van der Waals surface area contributed by atoms with Crippen LogP contribution in [0.25, 0.3) is 0 Å². The van der Waals surface area contributed by atoms with E-state index in [4.69, 9.17) is 9.47 Å². The Morgan fingerprint density at radius 3 is 2.52 bits per heavy atom. The van der Waals surface area contributed by atoms with Gasteiger partial charge in [0.05, 0.1) is 13.2 Å². The van der Waals surface area contributed by atoms with Crippen LogP contribution in [0.3, 0.4) is 0 Å². The molecular formula is C18H25N3O4. The van der Waals surface area contributed by atoms with Gasteiger partial charge in [0, 0.05) is 49.5 Å². The summed E-state index contributed by atoms with van der Waals surface area (Å²) in [6.07, 6.45) is 2.06. The first-order chi connectivity index (χ1) is 12.2. The molecule has 7 nitrogen and oxygen atoms in total. The van der Waals surface area contributed by atoms with Crippen molar-refractivity contribution in [3.05, 3.63) is 29.8 Å². The normalized spacial score (nSPS) is 21.5. The summed E-state index contributed by atoms with van der Waals surface area (Å²) in [7, 11) is 0. The quantitative estimate of drug-likeness (QED) is 0.737. The van der Waals surface area contributed by atoms with Crippen LogP contribution >= 0.6 is 0 Å². The van der Waals surface area contributed by atoms with Crippen molar-refractivity contribution in [3.8, 4) is 0 Å². The average molecular weight is 347 g/mol. The predicted molar refractivity (Wildman–Crippen MR) is 93.6 cm³/mol. The molecule has 3 N–H and O–H groups in total. The molecule has 0 bridgehead atoms. The number of hydrogen-bond acceptors (Lipinski definition) is 5. The lowest BCUT2D eigenvalue weighted by Gasteiger charge is -2.23. The second-order valence-corrected chi connectivity index (χ2v) is 6.42. The Kier molecular flexibility index (Phi) is 6.38. The molecule has 1 aromatic rings. The first-order valence-corrected chi connectivity index (χ1v) is 8.80. The number of morpholine rings is 1. The predicted octanol–water partition coefficient (Wildman–Crippen LogP) is 0.912. The molecule has 1 unspecified atom stereocenters. The highest BCUT2D eigenvalue weighted by molar-refractivity contribution is 5.96. The third-order valence-corrected chi connectivity index (χ3v) is 4.42. The Morgan fingerprint density at radius 1 is 1.08 bits per heavy atom. The van der Waals surface area contributed by atoms with E-state index >= 15 is 0 Å². The summed E-state index contributed by atoms with van der Waals surface area (Å²) in [6.45, 7) is 3.40. The van der Waals surface area contributed by atoms with Gasteiger partial charge in [-0.25, -0.2) is 0 Å². The summed E-state index contributed by atoms with van der Waals surface area (Å²) in [6, 6.07) is 7.19. The van der Waals surface area contributed by atoms with Crippen LogP contribution in [-0.2, 0) is 14.3 Å². The minimum absolute atomic E-state index is 0.0540. The smallest absolute Gasteiger partial charge is 0.251 e. The van der Waals surface area contributed by atoms with Gasteiger partial charge in [-0.3, -0.25) is 9.59 Å². The summed E-state index contributed by atoms with van der Waals surface area (Å²) in [5, 5.41) is 9.13. The van der Waals surface area contributed by atoms with Crippen LogP contribution in [0, 0.1) is 0 Å². The molecule has 2 amide bonds. The Balaban J connectivity index is 1.47. The molecule has 3 rings (SSSR count). The highest BCUT2D eigenvalue weighted by atomic mass is 16.5. The van der Waals surface area contributed by atoms with Gasteiger partial charge >= 0.3 is 0 Å². The molecule has 136 valence electrons. The zero-order valence-electron chi connectivity index (χ0n) is 14.3. The SMILES string of the molecule is O=C(CC1COCCN1)Nc1ccc(C(=O)NC2CCOCC2)cc1. The first kappa shape index (κ1) is 17.8. The second kappa shape index (κ2) is 8.94. The fraction of sp³-hybridized carbons (Fsp3) is 0.556. The van der Waals surface area contributed by atoms with Gasteiger partial charge in [0.2, 0.25) is 5.91 Å². The summed E-state index contributed by atoms with van der Waals surface area (Å²) in [4.78, 5) is 24.3. The molecule has 0 radical (unpaired) electrons. The Hall–Kier alpha value is -1.96. The molecule has 2 saturated heterocycles. The van der Waals surface area contributed by atoms with Crippen molar-refractivity contribution in [1.29, 1.82) is 0 Å². The van der Waals surface area contributed by atoms with Crippen LogP contribution in [0.1, 0.15) is 29.6 Å². The molecule has 25 heavy (non-hydrogen) atoms. The van der Waals surface area contributed by atoms with E-state index in [1.165, 1.54) is 0 Å². The lowest BCUT2D eigenvalue weighted by atomic mass is 10.1. The van der Waals surface area contributed by atoms with E-state index in [-0.39, 0.29) is 23.9 Å². The van der Waals surface area contributed by atoms with Gasteiger partial charge in [-0.1, -0.05) is 0 Å². The topological polar surface area (TPSA) is 88.7 Å². The molecule has 2 fully saturated rings. The molecule has 0 aliphatic carbocycles. The molecule has 1 aromatic carbocycles. The second-order valence-electron chi connectivity index (χ2n) is 6.42. The van der Waals surface area contributed by atoms with E-state index in [0.717, 1.165) is 19.4 Å². The average Bonchev–Trinajstić information content (AvgIpc) is 2.64. The van der Waals surface area contributed by atoms with Crippen molar-refractivity contribution in [3.63, 3.8) is 0 Å². The lowest BCUT2D eigenvalue weighted by Crippen LogP contribution is -2.43. The minimum atomic E-state index is -0.0895. The zero-order valence-corrected chi connectivity index (χ0v) is 14.3. The molecule has 2 aliphatic heterocycles. The number of hydrogen-bond donors (Lipinski definition) is 3. The number of nitrogens with one attached hydrogen (secondary N) is 3. The van der Waals surface area contributed by atoms with Gasteiger partial charge in [-0.05, 0) is 37.1 Å². The van der Waals surface area contributed by atoms with Crippen molar-refractivity contribution < 1.29 is 19.1 Å². The van der Waals surface area contributed by atoms with Crippen LogP contribution < -0.4 is 16.0 Å². The zero-order chi connectivity index (χ0) is 17.5. The summed E-state index contributed by atoms with van der Waals surface area (Å²) in [5.41, 5.74) is 1.27. The van der Waals surface area contributed by atoms with E-state index in [0.29, 0.717) is 44.1 Å². The van der Waals surface area contributed by atoms with Gasteiger partial charge in [0.15, 0.2) is 0 Å². The van der Waals surface area contributed by atoms with Gasteiger partial charge < -0.3 is 25.4 Å². The number of benzene rings is 1. The van der Waals surface area contributed by atoms with Crippen LogP contribution in [0.15, 0.2) is 24.3 Å². The molecule has 1 atom stereocenters. The van der Waals surface area contributed by atoms with E-state index in [1.54, 1.807) is 24.3 Å². The highest BCUT2D eigenvalue weighted by Crippen LogP contribution is 2.12. The van der Waals surface area contributed by atoms with E-state index in [9.17, 15) is 9.59 Å². The van der Waals surface area contributed by atoms with Crippen LogP contribution in [0.4, 0.5) is 5.69 Å². The fourth-order valence-electron chi connectivity index (χ4n) is 3.00. The number of carbonyl (C=O) groups excluding carboxylic acids is 2. The summed E-state index contributed by atoms with van der Waals surface area (Å²) < 4.78 is 10.6. The molecular weight excluding hydrogens is 322 g/mol. The molecule has 0 spiro atoms. The molecule has 7 heteroatoms. The van der Waals surface area contributed by atoms with Crippen molar-refractivity contribution >= 4 is 17.5 Å². The first-order valence-electron chi connectivity index (χ1n) is 8.80. The van der Waals surface area contributed by atoms with Crippen molar-refractivity contribution in [2.45, 2.75) is 31.3 Å². The third-order valence-electron chi connectivity index (χ3n) is 4.42. The molecule has 2 aliphatic rings. The number of amides is 2. The van der Waals surface area contributed by atoms with Crippen LogP contribution in [0.5, 0.6) is 0 Å². The minimum Gasteiger partial charge on any atom is -0.381 e. The highest BCUT2D eigenvalue weighted by Gasteiger charge is 2.18. The maximum absolute atomic E-state index is 12.2. The monoisotopic (exact) mass is 347 g/mol. The van der Waals surface area contributed by atoms with Crippen molar-refractivity contribution in [2.75, 3.05) is 38.3 Å². The standard InChI is InChI=1S/C18H25N3O4/c22-17(11-16-12-25-10-7-19-16)20-14-3-1-13(2-4-14)18(23)21-15-5-8-24-9-6-15/h1-4,15-16,19H,5-12H2,(H,20,22)(H,21,23). The Morgan fingerprint density at radius 2 is 1.84 bits per heavy atom. The van der Waals surface area contributed by atoms with E-state index in [2.05, 4.69) is 16.0 Å². The summed E-state index contributed by atoms with van der Waals surface area (Å²) >= 11 is 0. The Bertz CT molecular complexity index is 578. The fourth-order valence-corrected chi connectivity index (χ4v) is 3.00. The Labute approximate surface area is 147 Å². The number of rotatable bonds is 5. The lowest BCUT2D eigenvalue weighted by molar-refractivity contribution is -0.117. The maximum atomic E-state index is 12.2. The molecule has 0 aromatic heterocycles. The van der Waals surface area contributed by atoms with Gasteiger partial charge in [0.1, 0.15) is 0 Å². The number of carbonyl (C=O) groups is 2. The maximum Gasteiger partial charge on any atom is 0.251 e. The van der Waals surface area contributed by atoms with Crippen molar-refractivity contribution in [2.24, 2.45) is 0 Å². The largest absolute Gasteiger partial charge is 0.381 e. The van der Waals surface area contributed by atoms with E-state index in [1.807, 2.05) is 0 Å². The van der Waals surface area contributed by atoms with Crippen LogP contribution in [-0.4, -0.2) is 56.9 Å². The number of anilines is 1.